The smallest absolute Gasteiger partial charge is 0.181 e. The van der Waals surface area contributed by atoms with Crippen LogP contribution < -0.4 is 4.90 Å². The highest BCUT2D eigenvalue weighted by atomic mass is 15.4. The molecule has 3 rings (SSSR count). The highest BCUT2D eigenvalue weighted by Gasteiger charge is 2.20. The maximum atomic E-state index is 4.68. The molecule has 19 heavy (non-hydrogen) atoms. The number of hydrogen-bond donors (Lipinski definition) is 0. The van der Waals surface area contributed by atoms with Crippen molar-refractivity contribution in [3.63, 3.8) is 0 Å². The molecule has 0 aliphatic carbocycles. The zero-order valence-electron chi connectivity index (χ0n) is 11.8. The molecule has 100 valence electrons. The van der Waals surface area contributed by atoms with Crippen molar-refractivity contribution in [2.24, 2.45) is 0 Å². The van der Waals surface area contributed by atoms with Gasteiger partial charge in [0.2, 0.25) is 0 Å². The van der Waals surface area contributed by atoms with Gasteiger partial charge in [0.25, 0.3) is 0 Å². The van der Waals surface area contributed by atoms with Crippen molar-refractivity contribution >= 4 is 5.69 Å². The Bertz CT molecular complexity index is 568. The van der Waals surface area contributed by atoms with Crippen molar-refractivity contribution in [3.8, 4) is 11.4 Å². The van der Waals surface area contributed by atoms with Gasteiger partial charge in [0.05, 0.1) is 6.04 Å². The normalized spacial score (nSPS) is 18.2. The van der Waals surface area contributed by atoms with Crippen molar-refractivity contribution < 1.29 is 0 Å². The monoisotopic (exact) mass is 256 g/mol. The fourth-order valence-electron chi connectivity index (χ4n) is 2.59. The minimum atomic E-state index is 0.478. The van der Waals surface area contributed by atoms with Gasteiger partial charge in [0, 0.05) is 31.8 Å². The second kappa shape index (κ2) is 4.68. The molecule has 0 fully saturated rings. The van der Waals surface area contributed by atoms with Gasteiger partial charge in [-0.15, -0.1) is 0 Å². The lowest BCUT2D eigenvalue weighted by atomic mass is 10.1. The molecule has 1 atom stereocenters. The van der Waals surface area contributed by atoms with Crippen molar-refractivity contribution in [1.82, 2.24) is 14.8 Å². The maximum Gasteiger partial charge on any atom is 0.181 e. The molecule has 1 aliphatic heterocycles. The third-order valence-electron chi connectivity index (χ3n) is 3.78. The van der Waals surface area contributed by atoms with Crippen LogP contribution >= 0.6 is 0 Å². The molecule has 4 heteroatoms. The van der Waals surface area contributed by atoms with Gasteiger partial charge in [0.1, 0.15) is 5.82 Å². The highest BCUT2D eigenvalue weighted by molar-refractivity contribution is 5.60. The van der Waals surface area contributed by atoms with Crippen molar-refractivity contribution in [2.75, 3.05) is 19.0 Å². The van der Waals surface area contributed by atoms with E-state index in [1.165, 1.54) is 18.5 Å². The standard InChI is InChI=1S/C15H20N4/c1-11-5-4-6-14-16-15(17-19(11)14)12-7-9-13(10-8-12)18(2)3/h7-11H,4-6H2,1-3H3. The van der Waals surface area contributed by atoms with Crippen LogP contribution in [-0.4, -0.2) is 28.9 Å². The van der Waals surface area contributed by atoms with Gasteiger partial charge in [-0.2, -0.15) is 5.10 Å². The number of anilines is 1. The lowest BCUT2D eigenvalue weighted by molar-refractivity contribution is 0.389. The van der Waals surface area contributed by atoms with Crippen LogP contribution in [0.3, 0.4) is 0 Å². The maximum absolute atomic E-state index is 4.68. The summed E-state index contributed by atoms with van der Waals surface area (Å²) in [6.45, 7) is 2.22. The largest absolute Gasteiger partial charge is 0.378 e. The summed E-state index contributed by atoms with van der Waals surface area (Å²) >= 11 is 0. The van der Waals surface area contributed by atoms with E-state index in [0.717, 1.165) is 23.6 Å². The molecule has 0 amide bonds. The van der Waals surface area contributed by atoms with Crippen LogP contribution in [0.5, 0.6) is 0 Å². The predicted octanol–water partition coefficient (Wildman–Crippen LogP) is 2.91. The Morgan fingerprint density at radius 1 is 1.21 bits per heavy atom. The van der Waals surface area contributed by atoms with Gasteiger partial charge in [-0.3, -0.25) is 0 Å². The zero-order chi connectivity index (χ0) is 13.4. The Kier molecular flexibility index (Phi) is 3.01. The van der Waals surface area contributed by atoms with Crippen LogP contribution in [0.1, 0.15) is 31.6 Å². The minimum absolute atomic E-state index is 0.478. The first-order chi connectivity index (χ1) is 9.15. The molecule has 1 aromatic carbocycles. The predicted molar refractivity (Wildman–Crippen MR) is 77.4 cm³/mol. The lowest BCUT2D eigenvalue weighted by Crippen LogP contribution is -2.16. The van der Waals surface area contributed by atoms with Crippen LogP contribution in [0.2, 0.25) is 0 Å². The van der Waals surface area contributed by atoms with E-state index in [9.17, 15) is 0 Å². The minimum Gasteiger partial charge on any atom is -0.378 e. The molecule has 1 aliphatic rings. The number of nitrogens with zero attached hydrogens (tertiary/aromatic N) is 4. The van der Waals surface area contributed by atoms with Gasteiger partial charge in [-0.1, -0.05) is 0 Å². The van der Waals surface area contributed by atoms with Crippen LogP contribution in [0.4, 0.5) is 5.69 Å². The summed E-state index contributed by atoms with van der Waals surface area (Å²) in [5, 5.41) is 4.67. The number of hydrogen-bond acceptors (Lipinski definition) is 3. The fraction of sp³-hybridized carbons (Fsp3) is 0.467. The Balaban J connectivity index is 1.94. The molecule has 1 aromatic heterocycles. The van der Waals surface area contributed by atoms with Crippen LogP contribution in [-0.2, 0) is 6.42 Å². The Hall–Kier alpha value is -1.84. The molecule has 1 unspecified atom stereocenters. The van der Waals surface area contributed by atoms with E-state index >= 15 is 0 Å². The molecule has 0 N–H and O–H groups in total. The number of rotatable bonds is 2. The topological polar surface area (TPSA) is 34.0 Å². The quantitative estimate of drug-likeness (QED) is 0.828. The molecular weight excluding hydrogens is 236 g/mol. The summed E-state index contributed by atoms with van der Waals surface area (Å²) < 4.78 is 2.10. The van der Waals surface area contributed by atoms with Crippen molar-refractivity contribution in [3.05, 3.63) is 30.1 Å². The second-order valence-corrected chi connectivity index (χ2v) is 5.48. The average molecular weight is 256 g/mol. The SMILES string of the molecule is CC1CCCc2nc(-c3ccc(N(C)C)cc3)nn21. The molecular formula is C15H20N4. The number of aromatic nitrogens is 3. The fourth-order valence-corrected chi connectivity index (χ4v) is 2.59. The van der Waals surface area contributed by atoms with Gasteiger partial charge in [-0.05, 0) is 44.0 Å². The summed E-state index contributed by atoms with van der Waals surface area (Å²) in [6.07, 6.45) is 3.47. The average Bonchev–Trinajstić information content (AvgIpc) is 2.84. The molecule has 4 nitrogen and oxygen atoms in total. The van der Waals surface area contributed by atoms with E-state index in [1.807, 2.05) is 14.1 Å². The van der Waals surface area contributed by atoms with Crippen LogP contribution in [0.15, 0.2) is 24.3 Å². The van der Waals surface area contributed by atoms with E-state index < -0.39 is 0 Å². The van der Waals surface area contributed by atoms with Crippen LogP contribution in [0, 0.1) is 0 Å². The van der Waals surface area contributed by atoms with Crippen molar-refractivity contribution in [2.45, 2.75) is 32.2 Å². The summed E-state index contributed by atoms with van der Waals surface area (Å²) in [5.74, 6) is 1.99. The summed E-state index contributed by atoms with van der Waals surface area (Å²) in [5.41, 5.74) is 2.29. The summed E-state index contributed by atoms with van der Waals surface area (Å²) in [4.78, 5) is 6.78. The van der Waals surface area contributed by atoms with E-state index in [1.54, 1.807) is 0 Å². The molecule has 0 radical (unpaired) electrons. The van der Waals surface area contributed by atoms with E-state index in [2.05, 4.69) is 50.9 Å². The second-order valence-electron chi connectivity index (χ2n) is 5.48. The number of aryl methyl sites for hydroxylation is 1. The first-order valence-electron chi connectivity index (χ1n) is 6.88. The number of fused-ring (bicyclic) bond motifs is 1. The van der Waals surface area contributed by atoms with E-state index in [0.29, 0.717) is 6.04 Å². The first-order valence-corrected chi connectivity index (χ1v) is 6.88. The van der Waals surface area contributed by atoms with E-state index in [4.69, 9.17) is 0 Å². The van der Waals surface area contributed by atoms with Gasteiger partial charge < -0.3 is 4.90 Å². The molecule has 2 aromatic rings. The van der Waals surface area contributed by atoms with Gasteiger partial charge in [0.15, 0.2) is 5.82 Å². The molecule has 0 bridgehead atoms. The zero-order valence-corrected chi connectivity index (χ0v) is 11.8. The Morgan fingerprint density at radius 2 is 1.95 bits per heavy atom. The summed E-state index contributed by atoms with van der Waals surface area (Å²) in [6, 6.07) is 8.89. The van der Waals surface area contributed by atoms with E-state index in [-0.39, 0.29) is 0 Å². The molecule has 0 saturated heterocycles. The molecule has 0 saturated carbocycles. The summed E-state index contributed by atoms with van der Waals surface area (Å²) in [7, 11) is 4.09. The van der Waals surface area contributed by atoms with Gasteiger partial charge >= 0.3 is 0 Å². The Labute approximate surface area is 114 Å². The van der Waals surface area contributed by atoms with Gasteiger partial charge in [-0.25, -0.2) is 9.67 Å². The third kappa shape index (κ3) is 2.23. The molecule has 2 heterocycles. The Morgan fingerprint density at radius 3 is 2.58 bits per heavy atom. The van der Waals surface area contributed by atoms with Crippen molar-refractivity contribution in [1.29, 1.82) is 0 Å². The third-order valence-corrected chi connectivity index (χ3v) is 3.78. The number of benzene rings is 1. The highest BCUT2D eigenvalue weighted by Crippen LogP contribution is 2.26. The molecule has 0 spiro atoms. The van der Waals surface area contributed by atoms with Crippen LogP contribution in [0.25, 0.3) is 11.4 Å². The first kappa shape index (κ1) is 12.2. The lowest BCUT2D eigenvalue weighted by Gasteiger charge is -2.18.